The van der Waals surface area contributed by atoms with Crippen molar-refractivity contribution in [2.24, 2.45) is 0 Å². The monoisotopic (exact) mass is 333 g/mol. The lowest BCUT2D eigenvalue weighted by molar-refractivity contribution is -0.125. The Morgan fingerprint density at radius 1 is 1.40 bits per heavy atom. The van der Waals surface area contributed by atoms with Gasteiger partial charge < -0.3 is 4.74 Å². The van der Waals surface area contributed by atoms with Crippen LogP contribution in [0.4, 0.5) is 0 Å². The van der Waals surface area contributed by atoms with E-state index in [4.69, 9.17) is 16.3 Å². The van der Waals surface area contributed by atoms with Crippen molar-refractivity contribution >= 4 is 39.3 Å². The Kier molecular flexibility index (Phi) is 3.38. The van der Waals surface area contributed by atoms with Crippen LogP contribution in [-0.4, -0.2) is 30.4 Å². The second kappa shape index (κ2) is 4.82. The van der Waals surface area contributed by atoms with Crippen LogP contribution < -0.4 is 9.46 Å². The lowest BCUT2D eigenvalue weighted by Gasteiger charge is -2.24. The SMILES string of the molecule is O=C(NS(=O)(=O)C1(Cl)CC1)C1CSc2ccccc2O1. The molecule has 1 fully saturated rings. The van der Waals surface area contributed by atoms with Gasteiger partial charge in [0, 0.05) is 10.6 Å². The Bertz CT molecular complexity index is 657. The maximum Gasteiger partial charge on any atom is 0.275 e. The zero-order valence-electron chi connectivity index (χ0n) is 10.3. The number of alkyl halides is 1. The van der Waals surface area contributed by atoms with Gasteiger partial charge in [-0.3, -0.25) is 4.79 Å². The molecule has 0 aromatic heterocycles. The van der Waals surface area contributed by atoms with Crippen LogP contribution in [-0.2, 0) is 14.8 Å². The molecule has 1 N–H and O–H groups in total. The number of para-hydroxylation sites is 1. The van der Waals surface area contributed by atoms with Crippen LogP contribution in [0.5, 0.6) is 5.75 Å². The quantitative estimate of drug-likeness (QED) is 0.853. The van der Waals surface area contributed by atoms with Crippen molar-refractivity contribution in [1.82, 2.24) is 4.72 Å². The molecule has 0 radical (unpaired) electrons. The van der Waals surface area contributed by atoms with E-state index in [9.17, 15) is 13.2 Å². The van der Waals surface area contributed by atoms with Crippen LogP contribution in [0.2, 0.25) is 0 Å². The summed E-state index contributed by atoms with van der Waals surface area (Å²) >= 11 is 7.31. The molecular weight excluding hydrogens is 322 g/mol. The van der Waals surface area contributed by atoms with Crippen LogP contribution in [0.15, 0.2) is 29.2 Å². The first-order chi connectivity index (χ1) is 9.41. The Hall–Kier alpha value is -0.920. The van der Waals surface area contributed by atoms with Crippen molar-refractivity contribution in [2.45, 2.75) is 28.0 Å². The van der Waals surface area contributed by atoms with Gasteiger partial charge in [0.2, 0.25) is 0 Å². The van der Waals surface area contributed by atoms with E-state index < -0.39 is 26.2 Å². The summed E-state index contributed by atoms with van der Waals surface area (Å²) in [6.45, 7) is 0. The van der Waals surface area contributed by atoms with E-state index in [1.54, 1.807) is 12.1 Å². The number of rotatable bonds is 3. The number of hydrogen-bond donors (Lipinski definition) is 1. The average Bonchev–Trinajstić information content (AvgIpc) is 3.17. The van der Waals surface area contributed by atoms with Crippen LogP contribution in [0.3, 0.4) is 0 Å². The van der Waals surface area contributed by atoms with Crippen molar-refractivity contribution in [2.75, 3.05) is 5.75 Å². The fraction of sp³-hybridized carbons (Fsp3) is 0.417. The molecule has 0 bridgehead atoms. The summed E-state index contributed by atoms with van der Waals surface area (Å²) in [5, 5.41) is 0. The summed E-state index contributed by atoms with van der Waals surface area (Å²) in [7, 11) is -3.84. The molecule has 1 aromatic carbocycles. The number of hydrogen-bond acceptors (Lipinski definition) is 5. The van der Waals surface area contributed by atoms with E-state index in [0.29, 0.717) is 24.3 Å². The highest BCUT2D eigenvalue weighted by Crippen LogP contribution is 2.47. The number of ether oxygens (including phenoxy) is 1. The van der Waals surface area contributed by atoms with E-state index in [-0.39, 0.29) is 0 Å². The molecule has 20 heavy (non-hydrogen) atoms. The largest absolute Gasteiger partial charge is 0.478 e. The van der Waals surface area contributed by atoms with Crippen molar-refractivity contribution in [3.63, 3.8) is 0 Å². The summed E-state index contributed by atoms with van der Waals surface area (Å²) in [6.07, 6.45) is -0.107. The zero-order valence-corrected chi connectivity index (χ0v) is 12.7. The van der Waals surface area contributed by atoms with E-state index >= 15 is 0 Å². The number of benzene rings is 1. The highest BCUT2D eigenvalue weighted by Gasteiger charge is 2.54. The fourth-order valence-corrected chi connectivity index (χ4v) is 4.22. The Balaban J connectivity index is 1.71. The van der Waals surface area contributed by atoms with Gasteiger partial charge in [-0.2, -0.15) is 0 Å². The van der Waals surface area contributed by atoms with Gasteiger partial charge in [0.1, 0.15) is 5.75 Å². The third kappa shape index (κ3) is 2.49. The van der Waals surface area contributed by atoms with Gasteiger partial charge in [-0.1, -0.05) is 23.7 Å². The number of carbonyl (C=O) groups excluding carboxylic acids is 1. The molecule has 1 heterocycles. The minimum Gasteiger partial charge on any atom is -0.478 e. The van der Waals surface area contributed by atoms with E-state index in [0.717, 1.165) is 4.90 Å². The van der Waals surface area contributed by atoms with Crippen molar-refractivity contribution in [3.05, 3.63) is 24.3 Å². The molecule has 1 aliphatic carbocycles. The number of sulfonamides is 1. The number of halogens is 1. The molecule has 0 spiro atoms. The summed E-state index contributed by atoms with van der Waals surface area (Å²) in [5.74, 6) is 0.292. The van der Waals surface area contributed by atoms with Gasteiger partial charge in [-0.15, -0.1) is 11.8 Å². The second-order valence-corrected chi connectivity index (χ2v) is 8.72. The average molecular weight is 334 g/mol. The zero-order chi connectivity index (χ0) is 14.4. The molecule has 3 rings (SSSR count). The molecule has 5 nitrogen and oxygen atoms in total. The Labute approximate surface area is 126 Å². The number of amides is 1. The number of fused-ring (bicyclic) bond motifs is 1. The number of nitrogens with one attached hydrogen (secondary N) is 1. The summed E-state index contributed by atoms with van der Waals surface area (Å²) in [6, 6.07) is 7.32. The molecule has 1 saturated carbocycles. The lowest BCUT2D eigenvalue weighted by Crippen LogP contribution is -2.46. The van der Waals surface area contributed by atoms with E-state index in [1.807, 2.05) is 16.9 Å². The predicted molar refractivity (Wildman–Crippen MR) is 76.5 cm³/mol. The summed E-state index contributed by atoms with van der Waals surface area (Å²) < 4.78 is 30.0. The minimum absolute atomic E-state index is 0.361. The Morgan fingerprint density at radius 2 is 2.10 bits per heavy atom. The molecule has 1 atom stereocenters. The van der Waals surface area contributed by atoms with Crippen molar-refractivity contribution in [1.29, 1.82) is 0 Å². The second-order valence-electron chi connectivity index (χ2n) is 4.72. The topological polar surface area (TPSA) is 72.5 Å². The van der Waals surface area contributed by atoms with Gasteiger partial charge in [0.15, 0.2) is 10.3 Å². The molecule has 108 valence electrons. The predicted octanol–water partition coefficient (Wildman–Crippen LogP) is 1.71. The van der Waals surface area contributed by atoms with Crippen LogP contribution in [0.1, 0.15) is 12.8 Å². The molecule has 1 aromatic rings. The highest BCUT2D eigenvalue weighted by molar-refractivity contribution is 7.99. The fourth-order valence-electron chi connectivity index (χ4n) is 1.81. The molecular formula is C12H12ClNO4S2. The van der Waals surface area contributed by atoms with Gasteiger partial charge in [-0.25, -0.2) is 13.1 Å². The van der Waals surface area contributed by atoms with Crippen LogP contribution in [0, 0.1) is 0 Å². The van der Waals surface area contributed by atoms with Crippen molar-refractivity contribution < 1.29 is 17.9 Å². The number of thioether (sulfide) groups is 1. The van der Waals surface area contributed by atoms with E-state index in [2.05, 4.69) is 0 Å². The molecule has 8 heteroatoms. The van der Waals surface area contributed by atoms with Gasteiger partial charge >= 0.3 is 0 Å². The third-order valence-corrected chi connectivity index (χ3v) is 7.11. The first-order valence-electron chi connectivity index (χ1n) is 6.05. The van der Waals surface area contributed by atoms with Crippen molar-refractivity contribution in [3.8, 4) is 5.75 Å². The normalized spacial score (nSPS) is 23.4. The van der Waals surface area contributed by atoms with Crippen LogP contribution in [0.25, 0.3) is 0 Å². The van der Waals surface area contributed by atoms with Crippen LogP contribution >= 0.6 is 23.4 Å². The van der Waals surface area contributed by atoms with E-state index in [1.165, 1.54) is 11.8 Å². The molecule has 1 amide bonds. The third-order valence-electron chi connectivity index (χ3n) is 3.16. The van der Waals surface area contributed by atoms with Gasteiger partial charge in [0.25, 0.3) is 15.9 Å². The van der Waals surface area contributed by atoms with Gasteiger partial charge in [-0.05, 0) is 25.0 Å². The first kappa shape index (κ1) is 14.0. The number of carbonyl (C=O) groups is 1. The lowest BCUT2D eigenvalue weighted by atomic mass is 10.3. The minimum atomic E-state index is -3.84. The summed E-state index contributed by atoms with van der Waals surface area (Å²) in [5.41, 5.74) is 0. The first-order valence-corrected chi connectivity index (χ1v) is 8.90. The maximum atomic E-state index is 12.0. The molecule has 0 saturated heterocycles. The Morgan fingerprint density at radius 3 is 2.80 bits per heavy atom. The smallest absolute Gasteiger partial charge is 0.275 e. The summed E-state index contributed by atoms with van der Waals surface area (Å²) in [4.78, 5) is 13.0. The molecule has 1 unspecified atom stereocenters. The molecule has 1 aliphatic heterocycles. The van der Waals surface area contributed by atoms with Gasteiger partial charge in [0.05, 0.1) is 0 Å². The standard InChI is InChI=1S/C12H12ClNO4S2/c13-12(5-6-12)20(16,17)14-11(15)9-7-19-10-4-2-1-3-8(10)18-9/h1-4,9H,5-7H2,(H,14,15). The maximum absolute atomic E-state index is 12.0. The molecule has 2 aliphatic rings. The highest BCUT2D eigenvalue weighted by atomic mass is 35.5.